The summed E-state index contributed by atoms with van der Waals surface area (Å²) in [7, 11) is 1.63. The number of aryl methyl sites for hydroxylation is 1. The number of amides is 2. The highest BCUT2D eigenvalue weighted by Gasteiger charge is 2.11. The number of rotatable bonds is 6. The molecular weight excluding hydrogens is 354 g/mol. The van der Waals surface area contributed by atoms with Crippen LogP contribution in [0.3, 0.4) is 0 Å². The molecule has 0 aliphatic carbocycles. The predicted molar refractivity (Wildman–Crippen MR) is 102 cm³/mol. The van der Waals surface area contributed by atoms with E-state index in [4.69, 9.17) is 4.74 Å². The van der Waals surface area contributed by atoms with Crippen LogP contribution in [0.5, 0.6) is 5.75 Å². The zero-order chi connectivity index (χ0) is 17.6. The summed E-state index contributed by atoms with van der Waals surface area (Å²) in [5, 5.41) is 8.79. The molecule has 0 saturated heterocycles. The van der Waals surface area contributed by atoms with E-state index in [1.165, 1.54) is 0 Å². The summed E-state index contributed by atoms with van der Waals surface area (Å²) < 4.78 is 5.12. The summed E-state index contributed by atoms with van der Waals surface area (Å²) in [5.74, 6) is 0.801. The second kappa shape index (κ2) is 8.13. The first-order chi connectivity index (χ1) is 12.2. The molecule has 0 aliphatic heterocycles. The van der Waals surface area contributed by atoms with Gasteiger partial charge in [0.15, 0.2) is 0 Å². The molecule has 0 saturated carbocycles. The van der Waals surface area contributed by atoms with Gasteiger partial charge in [-0.05, 0) is 36.1 Å². The van der Waals surface area contributed by atoms with Crippen LogP contribution in [0.4, 0.5) is 4.79 Å². The fourth-order valence-electron chi connectivity index (χ4n) is 2.25. The van der Waals surface area contributed by atoms with E-state index in [9.17, 15) is 4.79 Å². The highest BCUT2D eigenvalue weighted by Crippen LogP contribution is 2.30. The van der Waals surface area contributed by atoms with Crippen LogP contribution in [-0.4, -0.2) is 18.1 Å². The van der Waals surface area contributed by atoms with Crippen molar-refractivity contribution in [3.8, 4) is 15.6 Å². The van der Waals surface area contributed by atoms with Gasteiger partial charge in [-0.25, -0.2) is 9.78 Å². The van der Waals surface area contributed by atoms with Crippen molar-refractivity contribution >= 4 is 28.7 Å². The van der Waals surface area contributed by atoms with Crippen molar-refractivity contribution in [1.82, 2.24) is 15.6 Å². The second-order valence-corrected chi connectivity index (χ2v) is 7.42. The van der Waals surface area contributed by atoms with E-state index in [0.29, 0.717) is 13.1 Å². The van der Waals surface area contributed by atoms with Crippen LogP contribution < -0.4 is 15.4 Å². The Morgan fingerprint density at radius 2 is 1.92 bits per heavy atom. The molecule has 0 spiro atoms. The Balaban J connectivity index is 1.50. The molecule has 0 aliphatic rings. The lowest BCUT2D eigenvalue weighted by Crippen LogP contribution is -2.34. The Bertz CT molecular complexity index is 827. The molecule has 25 heavy (non-hydrogen) atoms. The van der Waals surface area contributed by atoms with Gasteiger partial charge in [0.25, 0.3) is 0 Å². The van der Waals surface area contributed by atoms with Gasteiger partial charge in [0.05, 0.1) is 24.2 Å². The summed E-state index contributed by atoms with van der Waals surface area (Å²) in [6.45, 7) is 2.92. The Labute approximate surface area is 154 Å². The maximum absolute atomic E-state index is 12.0. The molecule has 7 heteroatoms. The fourth-order valence-corrected chi connectivity index (χ4v) is 4.05. The van der Waals surface area contributed by atoms with Crippen LogP contribution in [0, 0.1) is 6.92 Å². The van der Waals surface area contributed by atoms with Crippen molar-refractivity contribution in [2.75, 3.05) is 7.11 Å². The van der Waals surface area contributed by atoms with E-state index < -0.39 is 0 Å². The number of carbonyl (C=O) groups is 1. The zero-order valence-corrected chi connectivity index (χ0v) is 15.7. The van der Waals surface area contributed by atoms with Crippen molar-refractivity contribution in [3.63, 3.8) is 0 Å². The SMILES string of the molecule is COc1ccc(CNC(=O)NCc2sc(-c3cccs3)nc2C)cc1. The Morgan fingerprint density at radius 1 is 1.16 bits per heavy atom. The van der Waals surface area contributed by atoms with Gasteiger partial charge in [-0.3, -0.25) is 0 Å². The largest absolute Gasteiger partial charge is 0.497 e. The highest BCUT2D eigenvalue weighted by atomic mass is 32.1. The number of benzene rings is 1. The molecule has 3 rings (SSSR count). The molecule has 2 amide bonds. The maximum atomic E-state index is 12.0. The first-order valence-corrected chi connectivity index (χ1v) is 9.50. The predicted octanol–water partition coefficient (Wildman–Crippen LogP) is 4.19. The van der Waals surface area contributed by atoms with Gasteiger partial charge in [-0.15, -0.1) is 22.7 Å². The van der Waals surface area contributed by atoms with Crippen molar-refractivity contribution in [2.24, 2.45) is 0 Å². The van der Waals surface area contributed by atoms with E-state index in [0.717, 1.165) is 31.8 Å². The van der Waals surface area contributed by atoms with Gasteiger partial charge < -0.3 is 15.4 Å². The summed E-state index contributed by atoms with van der Waals surface area (Å²) in [4.78, 5) is 18.8. The van der Waals surface area contributed by atoms with Crippen LogP contribution in [0.1, 0.15) is 16.1 Å². The van der Waals surface area contributed by atoms with Crippen molar-refractivity contribution < 1.29 is 9.53 Å². The Hall–Kier alpha value is -2.38. The first kappa shape index (κ1) is 17.4. The van der Waals surface area contributed by atoms with Crippen molar-refractivity contribution in [2.45, 2.75) is 20.0 Å². The molecule has 2 heterocycles. The smallest absolute Gasteiger partial charge is 0.315 e. The normalized spacial score (nSPS) is 10.5. The van der Waals surface area contributed by atoms with Crippen LogP contribution in [0.25, 0.3) is 9.88 Å². The standard InChI is InChI=1S/C18H19N3O2S2/c1-12-16(25-17(21-12)15-4-3-9-24-15)11-20-18(22)19-10-13-5-7-14(23-2)8-6-13/h3-9H,10-11H2,1-2H3,(H2,19,20,22). The molecule has 0 bridgehead atoms. The Morgan fingerprint density at radius 3 is 2.60 bits per heavy atom. The molecule has 2 N–H and O–H groups in total. The quantitative estimate of drug-likeness (QED) is 0.681. The lowest BCUT2D eigenvalue weighted by molar-refractivity contribution is 0.240. The zero-order valence-electron chi connectivity index (χ0n) is 14.0. The number of thiophene rings is 1. The van der Waals surface area contributed by atoms with Gasteiger partial charge in [-0.1, -0.05) is 18.2 Å². The number of hydrogen-bond acceptors (Lipinski definition) is 5. The summed E-state index contributed by atoms with van der Waals surface area (Å²) in [6.07, 6.45) is 0. The minimum absolute atomic E-state index is 0.193. The van der Waals surface area contributed by atoms with E-state index >= 15 is 0 Å². The van der Waals surface area contributed by atoms with E-state index in [2.05, 4.69) is 21.7 Å². The molecule has 130 valence electrons. The minimum Gasteiger partial charge on any atom is -0.497 e. The molecule has 2 aromatic heterocycles. The third-order valence-corrected chi connectivity index (χ3v) is 5.84. The topological polar surface area (TPSA) is 63.2 Å². The van der Waals surface area contributed by atoms with E-state index in [-0.39, 0.29) is 6.03 Å². The molecule has 0 fully saturated rings. The van der Waals surface area contributed by atoms with Crippen molar-refractivity contribution in [3.05, 3.63) is 57.9 Å². The number of nitrogens with one attached hydrogen (secondary N) is 2. The number of hydrogen-bond donors (Lipinski definition) is 2. The molecule has 5 nitrogen and oxygen atoms in total. The summed E-state index contributed by atoms with van der Waals surface area (Å²) in [6, 6.07) is 11.5. The van der Waals surface area contributed by atoms with Crippen LogP contribution in [0.2, 0.25) is 0 Å². The number of nitrogens with zero attached hydrogens (tertiary/aromatic N) is 1. The third kappa shape index (κ3) is 4.58. The van der Waals surface area contributed by atoms with Crippen LogP contribution in [-0.2, 0) is 13.1 Å². The number of carbonyl (C=O) groups excluding carboxylic acids is 1. The summed E-state index contributed by atoms with van der Waals surface area (Å²) >= 11 is 3.29. The third-order valence-electron chi connectivity index (χ3n) is 3.65. The number of thiazole rings is 1. The molecule has 0 radical (unpaired) electrons. The van der Waals surface area contributed by atoms with Crippen molar-refractivity contribution in [1.29, 1.82) is 0 Å². The first-order valence-electron chi connectivity index (χ1n) is 7.80. The van der Waals surface area contributed by atoms with Gasteiger partial charge >= 0.3 is 6.03 Å². The van der Waals surface area contributed by atoms with Crippen LogP contribution >= 0.6 is 22.7 Å². The average molecular weight is 374 g/mol. The minimum atomic E-state index is -0.193. The molecule has 0 atom stereocenters. The maximum Gasteiger partial charge on any atom is 0.315 e. The molecular formula is C18H19N3O2S2. The lowest BCUT2D eigenvalue weighted by atomic mass is 10.2. The monoisotopic (exact) mass is 373 g/mol. The fraction of sp³-hybridized carbons (Fsp3) is 0.222. The van der Waals surface area contributed by atoms with Gasteiger partial charge in [0.1, 0.15) is 10.8 Å². The van der Waals surface area contributed by atoms with Gasteiger partial charge in [-0.2, -0.15) is 0 Å². The number of aromatic nitrogens is 1. The van der Waals surface area contributed by atoms with Gasteiger partial charge in [0, 0.05) is 11.4 Å². The summed E-state index contributed by atoms with van der Waals surface area (Å²) in [5.41, 5.74) is 1.98. The number of ether oxygens (including phenoxy) is 1. The van der Waals surface area contributed by atoms with E-state index in [1.54, 1.807) is 29.8 Å². The molecule has 1 aromatic carbocycles. The highest BCUT2D eigenvalue weighted by molar-refractivity contribution is 7.21. The Kier molecular flexibility index (Phi) is 5.67. The van der Waals surface area contributed by atoms with Crippen LogP contribution in [0.15, 0.2) is 41.8 Å². The lowest BCUT2D eigenvalue weighted by Gasteiger charge is -2.07. The number of urea groups is 1. The number of methoxy groups -OCH3 is 1. The van der Waals surface area contributed by atoms with E-state index in [1.807, 2.05) is 42.6 Å². The average Bonchev–Trinajstić information content (AvgIpc) is 3.28. The molecule has 3 aromatic rings. The molecule has 0 unspecified atom stereocenters. The second-order valence-electron chi connectivity index (χ2n) is 5.39. The van der Waals surface area contributed by atoms with Gasteiger partial charge in [0.2, 0.25) is 0 Å².